The summed E-state index contributed by atoms with van der Waals surface area (Å²) in [5, 5.41) is 12.0. The number of anilines is 1. The van der Waals surface area contributed by atoms with Crippen molar-refractivity contribution in [2.45, 2.75) is 0 Å². The molecule has 2 aromatic carbocycles. The third-order valence-corrected chi connectivity index (χ3v) is 3.00. The molecule has 3 rings (SSSR count). The Morgan fingerprint density at radius 3 is 2.69 bits per heavy atom. The molecule has 3 aromatic rings. The van der Waals surface area contributed by atoms with E-state index in [9.17, 15) is 5.11 Å². The maximum absolute atomic E-state index is 9.93. The summed E-state index contributed by atoms with van der Waals surface area (Å²) in [5.41, 5.74) is 8.27. The van der Waals surface area contributed by atoms with Crippen LogP contribution in [0.3, 0.4) is 0 Å². The summed E-state index contributed by atoms with van der Waals surface area (Å²) in [4.78, 5) is 0. The Bertz CT molecular complexity index is 698. The van der Waals surface area contributed by atoms with Crippen LogP contribution in [0.1, 0.15) is 0 Å². The first kappa shape index (κ1) is 9.09. The predicted molar refractivity (Wildman–Crippen MR) is 66.5 cm³/mol. The van der Waals surface area contributed by atoms with Crippen LogP contribution in [0.25, 0.3) is 21.8 Å². The van der Waals surface area contributed by atoms with Gasteiger partial charge in [0.15, 0.2) is 0 Å². The van der Waals surface area contributed by atoms with E-state index in [1.54, 1.807) is 6.07 Å². The van der Waals surface area contributed by atoms with Crippen molar-refractivity contribution >= 4 is 27.5 Å². The van der Waals surface area contributed by atoms with E-state index < -0.39 is 0 Å². The fraction of sp³-hybridized carbons (Fsp3) is 0.0769. The lowest BCUT2D eigenvalue weighted by atomic mass is 10.1. The number of benzene rings is 2. The number of phenols is 1. The second-order valence-corrected chi connectivity index (χ2v) is 4.01. The van der Waals surface area contributed by atoms with E-state index in [4.69, 9.17) is 5.73 Å². The van der Waals surface area contributed by atoms with Gasteiger partial charge in [0.25, 0.3) is 0 Å². The molecule has 16 heavy (non-hydrogen) atoms. The summed E-state index contributed by atoms with van der Waals surface area (Å²) in [6.07, 6.45) is 0. The number of hydrogen-bond donors (Lipinski definition) is 2. The van der Waals surface area contributed by atoms with Crippen molar-refractivity contribution in [1.82, 2.24) is 4.57 Å². The molecule has 0 atom stereocenters. The maximum Gasteiger partial charge on any atom is 0.141 e. The van der Waals surface area contributed by atoms with Crippen LogP contribution in [0.5, 0.6) is 5.75 Å². The second-order valence-electron chi connectivity index (χ2n) is 4.01. The quantitative estimate of drug-likeness (QED) is 0.563. The molecule has 3 N–H and O–H groups in total. The van der Waals surface area contributed by atoms with Gasteiger partial charge in [0.1, 0.15) is 5.75 Å². The highest BCUT2D eigenvalue weighted by atomic mass is 16.3. The molecule has 0 aliphatic carbocycles. The lowest BCUT2D eigenvalue weighted by molar-refractivity contribution is 0.479. The Morgan fingerprint density at radius 1 is 1.12 bits per heavy atom. The van der Waals surface area contributed by atoms with Gasteiger partial charge in [0.2, 0.25) is 0 Å². The molecule has 3 heteroatoms. The molecule has 0 saturated carbocycles. The first-order valence-corrected chi connectivity index (χ1v) is 5.14. The van der Waals surface area contributed by atoms with E-state index in [1.807, 2.05) is 41.9 Å². The number of nitrogens with zero attached hydrogens (tertiary/aromatic N) is 1. The molecule has 0 amide bonds. The van der Waals surface area contributed by atoms with E-state index in [0.717, 1.165) is 21.8 Å². The van der Waals surface area contributed by atoms with Gasteiger partial charge in [-0.25, -0.2) is 0 Å². The molecule has 0 radical (unpaired) electrons. The molecule has 3 nitrogen and oxygen atoms in total. The number of phenolic OH excluding ortho intramolecular Hbond substituents is 1. The third kappa shape index (κ3) is 1.03. The van der Waals surface area contributed by atoms with E-state index in [-0.39, 0.29) is 5.75 Å². The zero-order valence-corrected chi connectivity index (χ0v) is 8.94. The molecular weight excluding hydrogens is 200 g/mol. The van der Waals surface area contributed by atoms with Crippen molar-refractivity contribution in [3.8, 4) is 5.75 Å². The fourth-order valence-electron chi connectivity index (χ4n) is 2.31. The van der Waals surface area contributed by atoms with E-state index >= 15 is 0 Å². The summed E-state index contributed by atoms with van der Waals surface area (Å²) in [6.45, 7) is 0. The monoisotopic (exact) mass is 212 g/mol. The third-order valence-electron chi connectivity index (χ3n) is 3.00. The molecule has 0 bridgehead atoms. The highest BCUT2D eigenvalue weighted by Crippen LogP contribution is 2.35. The van der Waals surface area contributed by atoms with E-state index in [0.29, 0.717) is 5.69 Å². The van der Waals surface area contributed by atoms with Crippen molar-refractivity contribution < 1.29 is 5.11 Å². The first-order chi connectivity index (χ1) is 7.68. The summed E-state index contributed by atoms with van der Waals surface area (Å²) in [7, 11) is 1.95. The van der Waals surface area contributed by atoms with Crippen molar-refractivity contribution in [2.24, 2.45) is 7.05 Å². The summed E-state index contributed by atoms with van der Waals surface area (Å²) in [5.74, 6) is 0.230. The SMILES string of the molecule is Cn1c2ccccc2c2cc(N)cc(O)c21. The van der Waals surface area contributed by atoms with Crippen LogP contribution in [0.2, 0.25) is 0 Å². The van der Waals surface area contributed by atoms with Gasteiger partial charge in [-0.2, -0.15) is 0 Å². The van der Waals surface area contributed by atoms with Gasteiger partial charge in [-0.1, -0.05) is 18.2 Å². The Morgan fingerprint density at radius 2 is 1.88 bits per heavy atom. The molecular formula is C13H12N2O. The predicted octanol–water partition coefficient (Wildman–Crippen LogP) is 2.62. The normalized spacial score (nSPS) is 11.3. The summed E-state index contributed by atoms with van der Waals surface area (Å²) in [6, 6.07) is 11.5. The second kappa shape index (κ2) is 2.92. The fourth-order valence-corrected chi connectivity index (χ4v) is 2.31. The number of fused-ring (bicyclic) bond motifs is 3. The molecule has 0 spiro atoms. The number of hydrogen-bond acceptors (Lipinski definition) is 2. The largest absolute Gasteiger partial charge is 0.506 e. The molecule has 0 saturated heterocycles. The smallest absolute Gasteiger partial charge is 0.141 e. The number of aryl methyl sites for hydroxylation is 1. The van der Waals surface area contributed by atoms with Gasteiger partial charge in [-0.3, -0.25) is 0 Å². The average molecular weight is 212 g/mol. The first-order valence-electron chi connectivity index (χ1n) is 5.14. The van der Waals surface area contributed by atoms with Gasteiger partial charge < -0.3 is 15.4 Å². The number of nitrogens with two attached hydrogens (primary N) is 1. The Labute approximate surface area is 92.7 Å². The summed E-state index contributed by atoms with van der Waals surface area (Å²) < 4.78 is 1.99. The number of para-hydroxylation sites is 1. The van der Waals surface area contributed by atoms with Crippen molar-refractivity contribution in [1.29, 1.82) is 0 Å². The van der Waals surface area contributed by atoms with Crippen LogP contribution in [0.4, 0.5) is 5.69 Å². The number of aromatic nitrogens is 1. The highest BCUT2D eigenvalue weighted by Gasteiger charge is 2.11. The zero-order chi connectivity index (χ0) is 11.3. The van der Waals surface area contributed by atoms with Crippen LogP contribution >= 0.6 is 0 Å². The highest BCUT2D eigenvalue weighted by molar-refractivity contribution is 6.10. The number of aromatic hydroxyl groups is 1. The molecule has 1 heterocycles. The Balaban J connectivity index is 2.67. The van der Waals surface area contributed by atoms with Crippen LogP contribution in [-0.2, 0) is 7.05 Å². The Hall–Kier alpha value is -2.16. The van der Waals surface area contributed by atoms with Crippen LogP contribution in [0.15, 0.2) is 36.4 Å². The zero-order valence-electron chi connectivity index (χ0n) is 8.94. The van der Waals surface area contributed by atoms with Crippen molar-refractivity contribution in [2.75, 3.05) is 5.73 Å². The number of nitrogen functional groups attached to an aromatic ring is 1. The molecule has 1 aromatic heterocycles. The standard InChI is InChI=1S/C13H12N2O/c1-15-11-5-3-2-4-9(11)10-6-8(14)7-12(16)13(10)15/h2-7,16H,14H2,1H3. The maximum atomic E-state index is 9.93. The van der Waals surface area contributed by atoms with Crippen LogP contribution in [0, 0.1) is 0 Å². The van der Waals surface area contributed by atoms with Crippen molar-refractivity contribution in [3.05, 3.63) is 36.4 Å². The molecule has 0 aliphatic heterocycles. The number of rotatable bonds is 0. The topological polar surface area (TPSA) is 51.2 Å². The minimum atomic E-state index is 0.230. The van der Waals surface area contributed by atoms with E-state index in [1.165, 1.54) is 0 Å². The van der Waals surface area contributed by atoms with Crippen LogP contribution in [-0.4, -0.2) is 9.67 Å². The van der Waals surface area contributed by atoms with E-state index in [2.05, 4.69) is 0 Å². The lowest BCUT2D eigenvalue weighted by Gasteiger charge is -2.01. The van der Waals surface area contributed by atoms with Gasteiger partial charge in [0, 0.05) is 35.1 Å². The minimum absolute atomic E-state index is 0.230. The van der Waals surface area contributed by atoms with Crippen LogP contribution < -0.4 is 5.73 Å². The summed E-state index contributed by atoms with van der Waals surface area (Å²) >= 11 is 0. The lowest BCUT2D eigenvalue weighted by Crippen LogP contribution is -1.88. The molecule has 0 aliphatic rings. The van der Waals surface area contributed by atoms with Crippen molar-refractivity contribution in [3.63, 3.8) is 0 Å². The molecule has 0 unspecified atom stereocenters. The van der Waals surface area contributed by atoms with Gasteiger partial charge >= 0.3 is 0 Å². The molecule has 80 valence electrons. The molecule has 0 fully saturated rings. The minimum Gasteiger partial charge on any atom is -0.506 e. The van der Waals surface area contributed by atoms with Gasteiger partial charge in [-0.05, 0) is 12.1 Å². The average Bonchev–Trinajstić information content (AvgIpc) is 2.54. The van der Waals surface area contributed by atoms with Gasteiger partial charge in [-0.15, -0.1) is 0 Å². The van der Waals surface area contributed by atoms with Gasteiger partial charge in [0.05, 0.1) is 5.52 Å². The Kier molecular flexibility index (Phi) is 1.66.